The van der Waals surface area contributed by atoms with Gasteiger partial charge in [0, 0.05) is 17.4 Å². The maximum atomic E-state index is 11.3. The fourth-order valence-electron chi connectivity index (χ4n) is 2.93. The van der Waals surface area contributed by atoms with Crippen LogP contribution in [0.3, 0.4) is 0 Å². The Bertz CT molecular complexity index is 1180. The Morgan fingerprint density at radius 1 is 0.857 bits per heavy atom. The average molecular weight is 373 g/mol. The molecule has 0 bridgehead atoms. The summed E-state index contributed by atoms with van der Waals surface area (Å²) in [6.07, 6.45) is 1.65. The lowest BCUT2D eigenvalue weighted by molar-refractivity contribution is 0.0686. The molecule has 0 spiro atoms. The van der Waals surface area contributed by atoms with Gasteiger partial charge in [-0.25, -0.2) is 14.6 Å². The molecule has 0 aliphatic rings. The molecule has 0 atom stereocenters. The predicted octanol–water partition coefficient (Wildman–Crippen LogP) is 4.14. The van der Waals surface area contributed by atoms with Crippen molar-refractivity contribution < 1.29 is 19.8 Å². The van der Waals surface area contributed by atoms with Crippen molar-refractivity contribution in [2.24, 2.45) is 0 Å². The molecule has 2 heterocycles. The van der Waals surface area contributed by atoms with E-state index in [0.717, 1.165) is 5.56 Å². The minimum atomic E-state index is -1.02. The largest absolute Gasteiger partial charge is 0.478 e. The quantitative estimate of drug-likeness (QED) is 0.486. The first-order valence-electron chi connectivity index (χ1n) is 8.44. The van der Waals surface area contributed by atoms with Gasteiger partial charge in [0.2, 0.25) is 0 Å². The zero-order chi connectivity index (χ0) is 19.7. The van der Waals surface area contributed by atoms with Crippen LogP contribution in [0.2, 0.25) is 0 Å². The second kappa shape index (κ2) is 6.88. The van der Waals surface area contributed by atoms with E-state index in [4.69, 9.17) is 5.11 Å². The molecular formula is C21H15N3O4. The number of nitrogens with one attached hydrogen (secondary N) is 1. The Morgan fingerprint density at radius 2 is 1.54 bits per heavy atom. The van der Waals surface area contributed by atoms with Gasteiger partial charge in [0.25, 0.3) is 0 Å². The van der Waals surface area contributed by atoms with Gasteiger partial charge in [-0.05, 0) is 36.4 Å². The molecule has 0 fully saturated rings. The summed E-state index contributed by atoms with van der Waals surface area (Å²) >= 11 is 0. The van der Waals surface area contributed by atoms with Crippen LogP contribution < -0.4 is 5.32 Å². The number of pyridine rings is 1. The fourth-order valence-corrected chi connectivity index (χ4v) is 2.93. The second-order valence-corrected chi connectivity index (χ2v) is 6.13. The van der Waals surface area contributed by atoms with Crippen LogP contribution in [0.4, 0.5) is 11.5 Å². The zero-order valence-electron chi connectivity index (χ0n) is 14.5. The summed E-state index contributed by atoms with van der Waals surface area (Å²) in [5.41, 5.74) is 3.04. The van der Waals surface area contributed by atoms with Gasteiger partial charge in [0.05, 0.1) is 11.1 Å². The summed E-state index contributed by atoms with van der Waals surface area (Å²) in [5, 5.41) is 21.6. The van der Waals surface area contributed by atoms with Crippen LogP contribution in [0.25, 0.3) is 16.9 Å². The van der Waals surface area contributed by atoms with Gasteiger partial charge >= 0.3 is 11.9 Å². The summed E-state index contributed by atoms with van der Waals surface area (Å²) in [6.45, 7) is 0. The number of imidazole rings is 1. The molecule has 2 aromatic heterocycles. The molecule has 0 amide bonds. The van der Waals surface area contributed by atoms with Crippen LogP contribution in [-0.2, 0) is 0 Å². The van der Waals surface area contributed by atoms with Gasteiger partial charge in [-0.15, -0.1) is 0 Å². The third-order valence-corrected chi connectivity index (χ3v) is 4.31. The number of rotatable bonds is 5. The number of hydrogen-bond donors (Lipinski definition) is 3. The third kappa shape index (κ3) is 3.16. The highest BCUT2D eigenvalue weighted by atomic mass is 16.4. The number of nitrogens with zero attached hydrogens (tertiary/aromatic N) is 2. The van der Waals surface area contributed by atoms with Gasteiger partial charge in [0.1, 0.15) is 17.2 Å². The topological polar surface area (TPSA) is 104 Å². The van der Waals surface area contributed by atoms with Crippen LogP contribution in [0.1, 0.15) is 20.7 Å². The maximum Gasteiger partial charge on any atom is 0.335 e. The fraction of sp³-hybridized carbons (Fsp3) is 0. The van der Waals surface area contributed by atoms with Crippen molar-refractivity contribution in [3.05, 3.63) is 84.1 Å². The van der Waals surface area contributed by atoms with Gasteiger partial charge in [-0.2, -0.15) is 0 Å². The van der Waals surface area contributed by atoms with Gasteiger partial charge in [-0.1, -0.05) is 30.3 Å². The molecular weight excluding hydrogens is 358 g/mol. The monoisotopic (exact) mass is 373 g/mol. The van der Waals surface area contributed by atoms with Crippen LogP contribution >= 0.6 is 0 Å². The van der Waals surface area contributed by atoms with E-state index in [-0.39, 0.29) is 11.1 Å². The molecule has 0 aliphatic carbocycles. The Hall–Kier alpha value is -4.13. The number of fused-ring (bicyclic) bond motifs is 1. The lowest BCUT2D eigenvalue weighted by Crippen LogP contribution is -2.01. The number of hydrogen-bond acceptors (Lipinski definition) is 4. The van der Waals surface area contributed by atoms with E-state index in [9.17, 15) is 14.7 Å². The van der Waals surface area contributed by atoms with Gasteiger partial charge in [0.15, 0.2) is 0 Å². The van der Waals surface area contributed by atoms with E-state index in [2.05, 4.69) is 10.3 Å². The van der Waals surface area contributed by atoms with E-state index >= 15 is 0 Å². The van der Waals surface area contributed by atoms with Crippen molar-refractivity contribution >= 4 is 29.1 Å². The number of carboxylic acid groups (broad SMARTS) is 2. The van der Waals surface area contributed by atoms with Crippen LogP contribution in [-0.4, -0.2) is 31.5 Å². The standard InChI is InChI=1S/C21H15N3O4/c25-20(26)14-6-8-16(9-7-14)22-19-18(13-4-2-1-3-5-13)23-17-12-15(21(27)28)10-11-24(17)19/h1-12,22H,(H,25,26)(H,27,28). The summed E-state index contributed by atoms with van der Waals surface area (Å²) in [4.78, 5) is 26.9. The second-order valence-electron chi connectivity index (χ2n) is 6.13. The lowest BCUT2D eigenvalue weighted by atomic mass is 10.1. The van der Waals surface area contributed by atoms with E-state index in [1.165, 1.54) is 24.3 Å². The number of aromatic nitrogens is 2. The minimum Gasteiger partial charge on any atom is -0.478 e. The smallest absolute Gasteiger partial charge is 0.335 e. The molecule has 3 N–H and O–H groups in total. The lowest BCUT2D eigenvalue weighted by Gasteiger charge is -2.09. The SMILES string of the molecule is O=C(O)c1ccc(Nc2c(-c3ccccc3)nc3cc(C(=O)O)ccn23)cc1. The first kappa shape index (κ1) is 17.3. The van der Waals surface area contributed by atoms with Crippen molar-refractivity contribution in [3.63, 3.8) is 0 Å². The molecule has 0 unspecified atom stereocenters. The molecule has 0 saturated heterocycles. The Kier molecular flexibility index (Phi) is 4.25. The Balaban J connectivity index is 1.84. The normalized spacial score (nSPS) is 10.7. The molecule has 4 rings (SSSR count). The predicted molar refractivity (Wildman–Crippen MR) is 104 cm³/mol. The first-order valence-corrected chi connectivity index (χ1v) is 8.44. The molecule has 7 nitrogen and oxygen atoms in total. The van der Waals surface area contributed by atoms with Crippen molar-refractivity contribution in [2.75, 3.05) is 5.32 Å². The molecule has 4 aromatic rings. The molecule has 0 saturated carbocycles. The number of carbonyl (C=O) groups is 2. The van der Waals surface area contributed by atoms with E-state index in [1.807, 2.05) is 30.3 Å². The highest BCUT2D eigenvalue weighted by Gasteiger charge is 2.16. The number of aromatic carboxylic acids is 2. The van der Waals surface area contributed by atoms with E-state index in [0.29, 0.717) is 22.8 Å². The summed E-state index contributed by atoms with van der Waals surface area (Å²) in [5.74, 6) is -1.36. The molecule has 0 radical (unpaired) electrons. The third-order valence-electron chi connectivity index (χ3n) is 4.31. The Labute approximate surface area is 159 Å². The van der Waals surface area contributed by atoms with Crippen LogP contribution in [0.15, 0.2) is 72.9 Å². The van der Waals surface area contributed by atoms with Crippen LogP contribution in [0.5, 0.6) is 0 Å². The summed E-state index contributed by atoms with van der Waals surface area (Å²) in [6, 6.07) is 18.9. The minimum absolute atomic E-state index is 0.148. The summed E-state index contributed by atoms with van der Waals surface area (Å²) < 4.78 is 1.76. The first-order chi connectivity index (χ1) is 13.5. The van der Waals surface area contributed by atoms with E-state index in [1.54, 1.807) is 22.7 Å². The number of carboxylic acids is 2. The Morgan fingerprint density at radius 3 is 2.18 bits per heavy atom. The zero-order valence-corrected chi connectivity index (χ0v) is 14.5. The summed E-state index contributed by atoms with van der Waals surface area (Å²) in [7, 11) is 0. The number of benzene rings is 2. The van der Waals surface area contributed by atoms with Crippen molar-refractivity contribution in [1.29, 1.82) is 0 Å². The van der Waals surface area contributed by atoms with Crippen molar-refractivity contribution in [2.45, 2.75) is 0 Å². The van der Waals surface area contributed by atoms with E-state index < -0.39 is 11.9 Å². The highest BCUT2D eigenvalue weighted by molar-refractivity contribution is 5.90. The van der Waals surface area contributed by atoms with Gasteiger partial charge < -0.3 is 15.5 Å². The molecule has 7 heteroatoms. The number of anilines is 2. The molecule has 0 aliphatic heterocycles. The van der Waals surface area contributed by atoms with Crippen LogP contribution in [0, 0.1) is 0 Å². The van der Waals surface area contributed by atoms with Gasteiger partial charge in [-0.3, -0.25) is 4.40 Å². The molecule has 138 valence electrons. The molecule has 2 aromatic carbocycles. The highest BCUT2D eigenvalue weighted by Crippen LogP contribution is 2.31. The van der Waals surface area contributed by atoms with Crippen molar-refractivity contribution in [3.8, 4) is 11.3 Å². The maximum absolute atomic E-state index is 11.3. The van der Waals surface area contributed by atoms with Crippen molar-refractivity contribution in [1.82, 2.24) is 9.38 Å². The molecule has 28 heavy (non-hydrogen) atoms. The average Bonchev–Trinajstić information content (AvgIpc) is 3.06.